The van der Waals surface area contributed by atoms with E-state index < -0.39 is 0 Å². The van der Waals surface area contributed by atoms with E-state index in [1.165, 1.54) is 32.7 Å². The molecule has 0 aromatic heterocycles. The highest BCUT2D eigenvalue weighted by Gasteiger charge is 2.36. The molecule has 3 aliphatic carbocycles. The fraction of sp³-hybridized carbons (Fsp3) is 0.231. The van der Waals surface area contributed by atoms with Gasteiger partial charge in [-0.15, -0.1) is 0 Å². The van der Waals surface area contributed by atoms with Crippen LogP contribution in [0.5, 0.6) is 0 Å². The maximum Gasteiger partial charge on any atom is 0.129 e. The molecule has 0 saturated heterocycles. The first-order valence-corrected chi connectivity index (χ1v) is 9.92. The number of rotatable bonds is 1. The van der Waals surface area contributed by atoms with Crippen molar-refractivity contribution in [2.45, 2.75) is 25.7 Å². The zero-order chi connectivity index (χ0) is 19.1. The number of hydrogen-bond donors (Lipinski definition) is 0. The van der Waals surface area contributed by atoms with Crippen LogP contribution in [0.2, 0.25) is 0 Å². The molecule has 0 aliphatic heterocycles. The molecule has 0 radical (unpaired) electrons. The molecular formula is C26H20N2. The van der Waals surface area contributed by atoms with Crippen molar-refractivity contribution in [2.24, 2.45) is 11.8 Å². The standard InChI is InChI=1S/C26H20N2/c27-15-22(16-28)25-13-17-9-10-20(25)12-21(17)14-26-23-7-3-1-5-18(23)11-19-6-2-4-8-24(19)26/h1-8,11,14,17,20H,9-10,12-13H2/b21-14+. The van der Waals surface area contributed by atoms with Gasteiger partial charge in [0.2, 0.25) is 0 Å². The maximum absolute atomic E-state index is 9.30. The van der Waals surface area contributed by atoms with Crippen molar-refractivity contribution in [3.8, 4) is 12.1 Å². The van der Waals surface area contributed by atoms with Gasteiger partial charge >= 0.3 is 0 Å². The summed E-state index contributed by atoms with van der Waals surface area (Å²) >= 11 is 0. The third-order valence-corrected chi connectivity index (χ3v) is 6.52. The van der Waals surface area contributed by atoms with E-state index in [4.69, 9.17) is 0 Å². The highest BCUT2D eigenvalue weighted by Crippen LogP contribution is 2.49. The van der Waals surface area contributed by atoms with E-state index in [2.05, 4.69) is 72.8 Å². The van der Waals surface area contributed by atoms with E-state index in [-0.39, 0.29) is 0 Å². The molecule has 0 amide bonds. The SMILES string of the molecule is N#CC(C#N)=C1CC2CCC1C/C2=C\c1c2ccccc2cc2ccccc12. The molecule has 134 valence electrons. The number of fused-ring (bicyclic) bond motifs is 5. The van der Waals surface area contributed by atoms with Crippen LogP contribution < -0.4 is 0 Å². The average Bonchev–Trinajstić information content (AvgIpc) is 2.75. The van der Waals surface area contributed by atoms with Gasteiger partial charge in [-0.2, -0.15) is 10.5 Å². The van der Waals surface area contributed by atoms with Gasteiger partial charge in [-0.05, 0) is 76.3 Å². The second kappa shape index (κ2) is 6.66. The van der Waals surface area contributed by atoms with Gasteiger partial charge in [0.25, 0.3) is 0 Å². The molecule has 3 aliphatic rings. The van der Waals surface area contributed by atoms with Gasteiger partial charge in [0, 0.05) is 0 Å². The van der Waals surface area contributed by atoms with Crippen molar-refractivity contribution in [3.63, 3.8) is 0 Å². The fourth-order valence-electron chi connectivity index (χ4n) is 5.15. The molecule has 0 heterocycles. The van der Waals surface area contributed by atoms with Crippen LogP contribution in [-0.2, 0) is 0 Å². The molecule has 2 unspecified atom stereocenters. The van der Waals surface area contributed by atoms with Crippen molar-refractivity contribution >= 4 is 27.6 Å². The normalized spacial score (nSPS) is 22.4. The highest BCUT2D eigenvalue weighted by molar-refractivity contribution is 6.06. The summed E-state index contributed by atoms with van der Waals surface area (Å²) in [6.45, 7) is 0. The lowest BCUT2D eigenvalue weighted by Gasteiger charge is -2.40. The Hall–Kier alpha value is -3.36. The predicted molar refractivity (Wildman–Crippen MR) is 113 cm³/mol. The van der Waals surface area contributed by atoms with Gasteiger partial charge < -0.3 is 0 Å². The lowest BCUT2D eigenvalue weighted by molar-refractivity contribution is 0.314. The summed E-state index contributed by atoms with van der Waals surface area (Å²) < 4.78 is 0. The molecule has 0 spiro atoms. The Labute approximate surface area is 165 Å². The number of hydrogen-bond acceptors (Lipinski definition) is 2. The summed E-state index contributed by atoms with van der Waals surface area (Å²) in [6.07, 6.45) is 6.52. The van der Waals surface area contributed by atoms with Gasteiger partial charge in [0.1, 0.15) is 17.7 Å². The van der Waals surface area contributed by atoms with Crippen LogP contribution in [0.25, 0.3) is 27.6 Å². The van der Waals surface area contributed by atoms with Gasteiger partial charge in [0.05, 0.1) is 0 Å². The Kier molecular flexibility index (Phi) is 4.00. The van der Waals surface area contributed by atoms with Crippen molar-refractivity contribution < 1.29 is 0 Å². The molecule has 3 fully saturated rings. The summed E-state index contributed by atoms with van der Waals surface area (Å²) in [7, 11) is 0. The average molecular weight is 360 g/mol. The summed E-state index contributed by atoms with van der Waals surface area (Å²) in [5.74, 6) is 0.807. The van der Waals surface area contributed by atoms with E-state index in [9.17, 15) is 10.5 Å². The molecule has 6 rings (SSSR count). The lowest BCUT2D eigenvalue weighted by Crippen LogP contribution is -2.28. The summed E-state index contributed by atoms with van der Waals surface area (Å²) in [6, 6.07) is 23.7. The van der Waals surface area contributed by atoms with Crippen LogP contribution in [0.3, 0.4) is 0 Å². The maximum atomic E-state index is 9.30. The monoisotopic (exact) mass is 360 g/mol. The minimum absolute atomic E-state index is 0.351. The molecule has 3 saturated carbocycles. The minimum atomic E-state index is 0.351. The Morgan fingerprint density at radius 3 is 2.00 bits per heavy atom. The molecule has 2 heteroatoms. The van der Waals surface area contributed by atoms with Crippen molar-refractivity contribution in [1.82, 2.24) is 0 Å². The van der Waals surface area contributed by atoms with Crippen LogP contribution in [0, 0.1) is 34.5 Å². The quantitative estimate of drug-likeness (QED) is 0.365. The van der Waals surface area contributed by atoms with Gasteiger partial charge in [-0.25, -0.2) is 0 Å². The molecule has 2 atom stereocenters. The van der Waals surface area contributed by atoms with Crippen LogP contribution in [0.15, 0.2) is 71.3 Å². The fourth-order valence-corrected chi connectivity index (χ4v) is 5.15. The van der Waals surface area contributed by atoms with Crippen LogP contribution >= 0.6 is 0 Å². The van der Waals surface area contributed by atoms with Gasteiger partial charge in [0.15, 0.2) is 0 Å². The van der Waals surface area contributed by atoms with Crippen LogP contribution in [0.1, 0.15) is 31.2 Å². The Bertz CT molecular complexity index is 1180. The van der Waals surface area contributed by atoms with E-state index in [0.717, 1.165) is 31.3 Å². The molecule has 2 bridgehead atoms. The summed E-state index contributed by atoms with van der Waals surface area (Å²) in [4.78, 5) is 0. The predicted octanol–water partition coefficient (Wildman–Crippen LogP) is 6.54. The van der Waals surface area contributed by atoms with Crippen molar-refractivity contribution in [3.05, 3.63) is 76.9 Å². The van der Waals surface area contributed by atoms with Gasteiger partial charge in [-0.1, -0.05) is 60.2 Å². The van der Waals surface area contributed by atoms with E-state index in [1.54, 1.807) is 0 Å². The zero-order valence-electron chi connectivity index (χ0n) is 15.7. The number of benzene rings is 3. The number of allylic oxidation sites excluding steroid dienone is 3. The molecule has 3 aromatic carbocycles. The molecular weight excluding hydrogens is 340 g/mol. The molecule has 0 N–H and O–H groups in total. The minimum Gasteiger partial charge on any atom is -0.192 e. The van der Waals surface area contributed by atoms with Crippen LogP contribution in [-0.4, -0.2) is 0 Å². The van der Waals surface area contributed by atoms with Crippen molar-refractivity contribution in [1.29, 1.82) is 10.5 Å². The third kappa shape index (κ3) is 2.62. The van der Waals surface area contributed by atoms with E-state index in [0.29, 0.717) is 17.4 Å². The first-order chi connectivity index (χ1) is 13.8. The van der Waals surface area contributed by atoms with Crippen molar-refractivity contribution in [2.75, 3.05) is 0 Å². The Morgan fingerprint density at radius 2 is 1.43 bits per heavy atom. The highest BCUT2D eigenvalue weighted by atomic mass is 14.4. The lowest BCUT2D eigenvalue weighted by atomic mass is 9.64. The number of nitrogens with zero attached hydrogens (tertiary/aromatic N) is 2. The van der Waals surface area contributed by atoms with Gasteiger partial charge in [-0.3, -0.25) is 0 Å². The molecule has 2 nitrogen and oxygen atoms in total. The first-order valence-electron chi connectivity index (χ1n) is 9.92. The number of nitriles is 2. The van der Waals surface area contributed by atoms with E-state index in [1.807, 2.05) is 0 Å². The topological polar surface area (TPSA) is 47.6 Å². The Morgan fingerprint density at radius 1 is 0.821 bits per heavy atom. The summed E-state index contributed by atoms with van der Waals surface area (Å²) in [5, 5.41) is 23.7. The largest absolute Gasteiger partial charge is 0.192 e. The smallest absolute Gasteiger partial charge is 0.129 e. The first kappa shape index (κ1) is 16.8. The second-order valence-corrected chi connectivity index (χ2v) is 7.96. The van der Waals surface area contributed by atoms with E-state index >= 15 is 0 Å². The third-order valence-electron chi connectivity index (χ3n) is 6.52. The zero-order valence-corrected chi connectivity index (χ0v) is 15.7. The molecule has 28 heavy (non-hydrogen) atoms. The second-order valence-electron chi connectivity index (χ2n) is 7.96. The molecule has 3 aromatic rings. The van der Waals surface area contributed by atoms with Crippen LogP contribution in [0.4, 0.5) is 0 Å². The Balaban J connectivity index is 1.67. The summed E-state index contributed by atoms with van der Waals surface area (Å²) in [5.41, 5.74) is 4.24.